The fourth-order valence-corrected chi connectivity index (χ4v) is 1.84. The maximum absolute atomic E-state index is 11.9. The second-order valence-electron chi connectivity index (χ2n) is 6.35. The number of carbonyl (C=O) groups excluding carboxylic acids is 3. The summed E-state index contributed by atoms with van der Waals surface area (Å²) in [6.07, 6.45) is 0.0885. The summed E-state index contributed by atoms with van der Waals surface area (Å²) in [6.45, 7) is 7.46. The highest BCUT2D eigenvalue weighted by molar-refractivity contribution is 5.96. The number of hydrazine groups is 1. The Kier molecular flexibility index (Phi) is 7.23. The number of nitrogens with one attached hydrogen (secondary N) is 3. The number of ether oxygens (including phenoxy) is 1. The second kappa shape index (κ2) is 8.90. The molecule has 0 unspecified atom stereocenters. The van der Waals surface area contributed by atoms with E-state index in [9.17, 15) is 14.4 Å². The largest absolute Gasteiger partial charge is 0.444 e. The van der Waals surface area contributed by atoms with Crippen molar-refractivity contribution in [3.8, 4) is 0 Å². The molecular formula is C17H25N3O4. The molecule has 7 heteroatoms. The molecule has 0 aliphatic carbocycles. The zero-order chi connectivity index (χ0) is 18.2. The lowest BCUT2D eigenvalue weighted by Gasteiger charge is -2.19. The molecule has 0 aliphatic heterocycles. The highest BCUT2D eigenvalue weighted by Crippen LogP contribution is 2.07. The molecule has 0 spiro atoms. The predicted octanol–water partition coefficient (Wildman–Crippen LogP) is 2.06. The van der Waals surface area contributed by atoms with Crippen molar-refractivity contribution in [3.05, 3.63) is 35.4 Å². The van der Waals surface area contributed by atoms with Crippen LogP contribution in [0.2, 0.25) is 0 Å². The van der Waals surface area contributed by atoms with Gasteiger partial charge >= 0.3 is 6.09 Å². The van der Waals surface area contributed by atoms with Crippen molar-refractivity contribution in [1.82, 2.24) is 16.2 Å². The fourth-order valence-electron chi connectivity index (χ4n) is 1.84. The number of rotatable bonds is 5. The Labute approximate surface area is 142 Å². The summed E-state index contributed by atoms with van der Waals surface area (Å²) in [5.41, 5.74) is 5.50. The summed E-state index contributed by atoms with van der Waals surface area (Å²) < 4.78 is 5.08. The van der Waals surface area contributed by atoms with E-state index in [1.807, 2.05) is 19.1 Å². The quantitative estimate of drug-likeness (QED) is 0.567. The molecule has 7 nitrogen and oxygen atoms in total. The van der Waals surface area contributed by atoms with Crippen molar-refractivity contribution in [2.45, 2.75) is 46.1 Å². The average molecular weight is 335 g/mol. The van der Waals surface area contributed by atoms with Crippen LogP contribution in [-0.2, 0) is 9.53 Å². The summed E-state index contributed by atoms with van der Waals surface area (Å²) in [7, 11) is 0. The lowest BCUT2D eigenvalue weighted by molar-refractivity contribution is -0.121. The van der Waals surface area contributed by atoms with Crippen molar-refractivity contribution < 1.29 is 19.1 Å². The maximum Gasteiger partial charge on any atom is 0.407 e. The first-order chi connectivity index (χ1) is 11.2. The van der Waals surface area contributed by atoms with Crippen LogP contribution in [0.15, 0.2) is 24.3 Å². The first kappa shape index (κ1) is 19.5. The maximum atomic E-state index is 11.9. The van der Waals surface area contributed by atoms with Crippen LogP contribution in [0.3, 0.4) is 0 Å². The normalized spacial score (nSPS) is 10.7. The fraction of sp³-hybridized carbons (Fsp3) is 0.471. The van der Waals surface area contributed by atoms with Crippen molar-refractivity contribution in [2.75, 3.05) is 6.54 Å². The topological polar surface area (TPSA) is 96.5 Å². The van der Waals surface area contributed by atoms with Crippen LogP contribution in [-0.4, -0.2) is 30.1 Å². The lowest BCUT2D eigenvalue weighted by atomic mass is 10.1. The van der Waals surface area contributed by atoms with Crippen molar-refractivity contribution in [3.63, 3.8) is 0 Å². The third-order valence-corrected chi connectivity index (χ3v) is 2.95. The van der Waals surface area contributed by atoms with E-state index in [0.29, 0.717) is 18.5 Å². The van der Waals surface area contributed by atoms with E-state index in [1.54, 1.807) is 32.9 Å². The Hall–Kier alpha value is -2.57. The predicted molar refractivity (Wildman–Crippen MR) is 90.3 cm³/mol. The SMILES string of the molecule is Cc1ccccc1C(=O)NNC(=O)CCCNC(=O)OC(C)(C)C. The molecule has 0 fully saturated rings. The first-order valence-corrected chi connectivity index (χ1v) is 7.81. The Morgan fingerprint density at radius 3 is 2.38 bits per heavy atom. The number of hydrogen-bond acceptors (Lipinski definition) is 4. The van der Waals surface area contributed by atoms with Crippen LogP contribution < -0.4 is 16.2 Å². The van der Waals surface area contributed by atoms with Gasteiger partial charge in [0.05, 0.1) is 0 Å². The van der Waals surface area contributed by atoms with E-state index in [4.69, 9.17) is 4.74 Å². The minimum absolute atomic E-state index is 0.170. The summed E-state index contributed by atoms with van der Waals surface area (Å²) in [6, 6.07) is 7.09. The third-order valence-electron chi connectivity index (χ3n) is 2.95. The Bertz CT molecular complexity index is 594. The lowest BCUT2D eigenvalue weighted by Crippen LogP contribution is -2.42. The van der Waals surface area contributed by atoms with Crippen molar-refractivity contribution >= 4 is 17.9 Å². The molecule has 3 N–H and O–H groups in total. The average Bonchev–Trinajstić information content (AvgIpc) is 2.48. The van der Waals surface area contributed by atoms with Gasteiger partial charge in [-0.1, -0.05) is 18.2 Å². The first-order valence-electron chi connectivity index (χ1n) is 7.81. The van der Waals surface area contributed by atoms with Gasteiger partial charge in [-0.3, -0.25) is 20.4 Å². The molecule has 1 aromatic carbocycles. The van der Waals surface area contributed by atoms with E-state index >= 15 is 0 Å². The van der Waals surface area contributed by atoms with Gasteiger partial charge in [0.1, 0.15) is 5.60 Å². The van der Waals surface area contributed by atoms with E-state index in [-0.39, 0.29) is 18.2 Å². The highest BCUT2D eigenvalue weighted by Gasteiger charge is 2.15. The van der Waals surface area contributed by atoms with Gasteiger partial charge in [0.2, 0.25) is 5.91 Å². The third kappa shape index (κ3) is 7.62. The summed E-state index contributed by atoms with van der Waals surface area (Å²) >= 11 is 0. The zero-order valence-electron chi connectivity index (χ0n) is 14.6. The molecule has 0 heterocycles. The smallest absolute Gasteiger partial charge is 0.407 e. The highest BCUT2D eigenvalue weighted by atomic mass is 16.6. The van der Waals surface area contributed by atoms with Crippen molar-refractivity contribution in [1.29, 1.82) is 0 Å². The van der Waals surface area contributed by atoms with Gasteiger partial charge in [-0.2, -0.15) is 0 Å². The molecule has 0 atom stereocenters. The molecule has 132 valence electrons. The number of carbonyl (C=O) groups is 3. The zero-order valence-corrected chi connectivity index (χ0v) is 14.6. The van der Waals surface area contributed by atoms with Crippen LogP contribution in [0.5, 0.6) is 0 Å². The minimum Gasteiger partial charge on any atom is -0.444 e. The monoisotopic (exact) mass is 335 g/mol. The number of benzene rings is 1. The number of amides is 3. The molecule has 0 saturated carbocycles. The van der Waals surface area contributed by atoms with Crippen LogP contribution in [0.4, 0.5) is 4.79 Å². The molecular weight excluding hydrogens is 310 g/mol. The molecule has 3 amide bonds. The van der Waals surface area contributed by atoms with Crippen molar-refractivity contribution in [2.24, 2.45) is 0 Å². The number of aryl methyl sites for hydroxylation is 1. The van der Waals surface area contributed by atoms with Crippen LogP contribution in [0, 0.1) is 6.92 Å². The van der Waals surface area contributed by atoms with E-state index < -0.39 is 11.7 Å². The molecule has 1 aromatic rings. The molecule has 0 saturated heterocycles. The van der Waals surface area contributed by atoms with Gasteiger partial charge in [-0.05, 0) is 45.7 Å². The number of hydrogen-bond donors (Lipinski definition) is 3. The molecule has 0 radical (unpaired) electrons. The van der Waals surface area contributed by atoms with Crippen LogP contribution in [0.25, 0.3) is 0 Å². The van der Waals surface area contributed by atoms with Gasteiger partial charge in [-0.15, -0.1) is 0 Å². The minimum atomic E-state index is -0.554. The molecule has 0 aromatic heterocycles. The van der Waals surface area contributed by atoms with Gasteiger partial charge in [0.15, 0.2) is 0 Å². The van der Waals surface area contributed by atoms with E-state index in [0.717, 1.165) is 5.56 Å². The molecule has 1 rings (SSSR count). The molecule has 0 aliphatic rings. The van der Waals surface area contributed by atoms with Gasteiger partial charge in [0.25, 0.3) is 5.91 Å². The standard InChI is InChI=1S/C17H25N3O4/c1-12-8-5-6-9-13(12)15(22)20-19-14(21)10-7-11-18-16(23)24-17(2,3)4/h5-6,8-9H,7,10-11H2,1-4H3,(H,18,23)(H,19,21)(H,20,22). The van der Waals surface area contributed by atoms with Gasteiger partial charge in [-0.25, -0.2) is 4.79 Å². The summed E-state index contributed by atoms with van der Waals surface area (Å²) in [4.78, 5) is 35.0. The number of alkyl carbamates (subject to hydrolysis) is 1. The Morgan fingerprint density at radius 2 is 1.75 bits per heavy atom. The Balaban J connectivity index is 2.22. The Morgan fingerprint density at radius 1 is 1.08 bits per heavy atom. The van der Waals surface area contributed by atoms with Gasteiger partial charge < -0.3 is 10.1 Å². The molecule has 0 bridgehead atoms. The summed E-state index contributed by atoms with van der Waals surface area (Å²) in [5, 5.41) is 2.56. The van der Waals surface area contributed by atoms with Crippen LogP contribution in [0.1, 0.15) is 49.5 Å². The van der Waals surface area contributed by atoms with Crippen LogP contribution >= 0.6 is 0 Å². The summed E-state index contributed by atoms with van der Waals surface area (Å²) in [5.74, 6) is -0.698. The van der Waals surface area contributed by atoms with E-state index in [2.05, 4.69) is 16.2 Å². The van der Waals surface area contributed by atoms with E-state index in [1.165, 1.54) is 0 Å². The van der Waals surface area contributed by atoms with Gasteiger partial charge in [0, 0.05) is 18.5 Å². The molecule has 24 heavy (non-hydrogen) atoms. The second-order valence-corrected chi connectivity index (χ2v) is 6.35.